The van der Waals surface area contributed by atoms with Crippen molar-refractivity contribution in [3.05, 3.63) is 0 Å². The highest BCUT2D eigenvalue weighted by Crippen LogP contribution is 2.19. The molecule has 0 fully saturated rings. The molecule has 0 aliphatic carbocycles. The van der Waals surface area contributed by atoms with E-state index in [-0.39, 0.29) is 0 Å². The molecule has 0 aliphatic heterocycles. The minimum absolute atomic E-state index is 0.770. The highest BCUT2D eigenvalue weighted by molar-refractivity contribution is 4.71. The molecular formula is C18H40N2. The van der Waals surface area contributed by atoms with Crippen LogP contribution in [-0.4, -0.2) is 30.6 Å². The molecule has 0 aromatic rings. The van der Waals surface area contributed by atoms with Gasteiger partial charge >= 0.3 is 0 Å². The SMILES string of the molecule is CCCC(CCN)CCCN(CC(C)C)C(CC)CC. The molecule has 2 heteroatoms. The first kappa shape index (κ1) is 19.9. The van der Waals surface area contributed by atoms with E-state index in [2.05, 4.69) is 39.5 Å². The largest absolute Gasteiger partial charge is 0.330 e. The molecule has 0 bridgehead atoms. The second-order valence-electron chi connectivity index (χ2n) is 6.73. The van der Waals surface area contributed by atoms with Gasteiger partial charge in [0.25, 0.3) is 0 Å². The van der Waals surface area contributed by atoms with Gasteiger partial charge in [0, 0.05) is 12.6 Å². The van der Waals surface area contributed by atoms with E-state index >= 15 is 0 Å². The molecule has 1 unspecified atom stereocenters. The summed E-state index contributed by atoms with van der Waals surface area (Å²) in [7, 11) is 0. The quantitative estimate of drug-likeness (QED) is 0.532. The van der Waals surface area contributed by atoms with Gasteiger partial charge in [-0.05, 0) is 57.0 Å². The Bertz CT molecular complexity index is 194. The van der Waals surface area contributed by atoms with Crippen molar-refractivity contribution in [2.45, 2.75) is 85.6 Å². The molecule has 0 aromatic carbocycles. The number of nitrogens with zero attached hydrogens (tertiary/aromatic N) is 1. The van der Waals surface area contributed by atoms with E-state index in [9.17, 15) is 0 Å². The average molecular weight is 285 g/mol. The van der Waals surface area contributed by atoms with Crippen molar-refractivity contribution in [3.8, 4) is 0 Å². The fourth-order valence-corrected chi connectivity index (χ4v) is 3.36. The third-order valence-corrected chi connectivity index (χ3v) is 4.39. The van der Waals surface area contributed by atoms with Crippen LogP contribution in [0.5, 0.6) is 0 Å². The van der Waals surface area contributed by atoms with E-state index < -0.39 is 0 Å². The molecule has 0 rings (SSSR count). The predicted molar refractivity (Wildman–Crippen MR) is 92.1 cm³/mol. The zero-order chi connectivity index (χ0) is 15.4. The molecular weight excluding hydrogens is 244 g/mol. The standard InChI is InChI=1S/C18H40N2/c1-6-10-17(12-13-19)11-9-14-20(15-16(4)5)18(7-2)8-3/h16-18H,6-15,19H2,1-5H3. The molecule has 0 heterocycles. The Balaban J connectivity index is 4.22. The highest BCUT2D eigenvalue weighted by atomic mass is 15.1. The number of rotatable bonds is 13. The summed E-state index contributed by atoms with van der Waals surface area (Å²) in [6, 6.07) is 0.775. The molecule has 0 aliphatic rings. The lowest BCUT2D eigenvalue weighted by Crippen LogP contribution is -2.38. The van der Waals surface area contributed by atoms with E-state index in [0.29, 0.717) is 0 Å². The van der Waals surface area contributed by atoms with Crippen molar-refractivity contribution in [1.29, 1.82) is 0 Å². The second kappa shape index (κ2) is 12.6. The smallest absolute Gasteiger partial charge is 0.00901 e. The molecule has 1 atom stereocenters. The van der Waals surface area contributed by atoms with Crippen molar-refractivity contribution in [3.63, 3.8) is 0 Å². The molecule has 2 nitrogen and oxygen atoms in total. The van der Waals surface area contributed by atoms with Crippen LogP contribution in [0, 0.1) is 11.8 Å². The van der Waals surface area contributed by atoms with Crippen LogP contribution in [0.4, 0.5) is 0 Å². The van der Waals surface area contributed by atoms with Gasteiger partial charge in [-0.1, -0.05) is 47.5 Å². The van der Waals surface area contributed by atoms with Crippen LogP contribution in [0.2, 0.25) is 0 Å². The van der Waals surface area contributed by atoms with Crippen molar-refractivity contribution >= 4 is 0 Å². The molecule has 20 heavy (non-hydrogen) atoms. The van der Waals surface area contributed by atoms with Gasteiger partial charge in [-0.3, -0.25) is 0 Å². The maximum absolute atomic E-state index is 5.74. The minimum Gasteiger partial charge on any atom is -0.330 e. The van der Waals surface area contributed by atoms with Gasteiger partial charge < -0.3 is 10.6 Å². The van der Waals surface area contributed by atoms with Crippen LogP contribution >= 0.6 is 0 Å². The Morgan fingerprint density at radius 2 is 1.60 bits per heavy atom. The monoisotopic (exact) mass is 284 g/mol. The lowest BCUT2D eigenvalue weighted by atomic mass is 9.94. The molecule has 0 radical (unpaired) electrons. The highest BCUT2D eigenvalue weighted by Gasteiger charge is 2.16. The zero-order valence-electron chi connectivity index (χ0n) is 14.8. The summed E-state index contributed by atoms with van der Waals surface area (Å²) in [4.78, 5) is 2.73. The van der Waals surface area contributed by atoms with E-state index in [1.54, 1.807) is 0 Å². The third kappa shape index (κ3) is 8.97. The number of nitrogens with two attached hydrogens (primary N) is 1. The summed E-state index contributed by atoms with van der Waals surface area (Å²) in [5.74, 6) is 1.62. The maximum atomic E-state index is 5.74. The maximum Gasteiger partial charge on any atom is 0.00901 e. The third-order valence-electron chi connectivity index (χ3n) is 4.39. The van der Waals surface area contributed by atoms with Crippen molar-refractivity contribution in [1.82, 2.24) is 4.90 Å². The van der Waals surface area contributed by atoms with Crippen molar-refractivity contribution in [2.75, 3.05) is 19.6 Å². The fraction of sp³-hybridized carbons (Fsp3) is 1.00. The van der Waals surface area contributed by atoms with Gasteiger partial charge in [0.05, 0.1) is 0 Å². The van der Waals surface area contributed by atoms with Crippen LogP contribution in [0.3, 0.4) is 0 Å². The Morgan fingerprint density at radius 3 is 2.05 bits per heavy atom. The summed E-state index contributed by atoms with van der Waals surface area (Å²) < 4.78 is 0. The Labute approximate surface area is 128 Å². The Kier molecular flexibility index (Phi) is 12.6. The first-order chi connectivity index (χ1) is 9.58. The summed E-state index contributed by atoms with van der Waals surface area (Å²) in [6.07, 6.45) is 9.13. The van der Waals surface area contributed by atoms with E-state index in [1.165, 1.54) is 58.0 Å². The van der Waals surface area contributed by atoms with Crippen LogP contribution in [0.1, 0.15) is 79.6 Å². The predicted octanol–water partition coefficient (Wildman–Crippen LogP) is 4.68. The summed E-state index contributed by atoms with van der Waals surface area (Å²) in [5.41, 5.74) is 5.74. The molecule has 0 saturated heterocycles. The van der Waals surface area contributed by atoms with E-state index in [4.69, 9.17) is 5.73 Å². The average Bonchev–Trinajstić information content (AvgIpc) is 2.39. The van der Waals surface area contributed by atoms with Gasteiger partial charge in [-0.25, -0.2) is 0 Å². The van der Waals surface area contributed by atoms with Crippen molar-refractivity contribution < 1.29 is 0 Å². The number of hydrogen-bond acceptors (Lipinski definition) is 2. The van der Waals surface area contributed by atoms with Crippen LogP contribution in [0.15, 0.2) is 0 Å². The summed E-state index contributed by atoms with van der Waals surface area (Å²) >= 11 is 0. The Morgan fingerprint density at radius 1 is 0.950 bits per heavy atom. The van der Waals surface area contributed by atoms with E-state index in [1.807, 2.05) is 0 Å². The molecule has 122 valence electrons. The molecule has 0 spiro atoms. The van der Waals surface area contributed by atoms with Crippen molar-refractivity contribution in [2.24, 2.45) is 17.6 Å². The zero-order valence-corrected chi connectivity index (χ0v) is 14.8. The lowest BCUT2D eigenvalue weighted by Gasteiger charge is -2.32. The molecule has 0 saturated carbocycles. The topological polar surface area (TPSA) is 29.3 Å². The van der Waals surface area contributed by atoms with Crippen LogP contribution < -0.4 is 5.73 Å². The van der Waals surface area contributed by atoms with E-state index in [0.717, 1.165) is 24.4 Å². The second-order valence-corrected chi connectivity index (χ2v) is 6.73. The molecule has 2 N–H and O–H groups in total. The lowest BCUT2D eigenvalue weighted by molar-refractivity contribution is 0.159. The van der Waals surface area contributed by atoms with Gasteiger partial charge in [0.1, 0.15) is 0 Å². The molecule has 0 amide bonds. The summed E-state index contributed by atoms with van der Waals surface area (Å²) in [5, 5.41) is 0. The van der Waals surface area contributed by atoms with Gasteiger partial charge in [0.15, 0.2) is 0 Å². The van der Waals surface area contributed by atoms with Gasteiger partial charge in [0.2, 0.25) is 0 Å². The minimum atomic E-state index is 0.770. The van der Waals surface area contributed by atoms with Crippen LogP contribution in [-0.2, 0) is 0 Å². The first-order valence-corrected chi connectivity index (χ1v) is 9.02. The first-order valence-electron chi connectivity index (χ1n) is 9.02. The normalized spacial score (nSPS) is 13.7. The van der Waals surface area contributed by atoms with Gasteiger partial charge in [-0.2, -0.15) is 0 Å². The molecule has 0 aromatic heterocycles. The Hall–Kier alpha value is -0.0800. The van der Waals surface area contributed by atoms with Crippen LogP contribution in [0.25, 0.3) is 0 Å². The van der Waals surface area contributed by atoms with Gasteiger partial charge in [-0.15, -0.1) is 0 Å². The number of hydrogen-bond donors (Lipinski definition) is 1. The fourth-order valence-electron chi connectivity index (χ4n) is 3.36. The summed E-state index contributed by atoms with van der Waals surface area (Å²) in [6.45, 7) is 15.0.